The van der Waals surface area contributed by atoms with Crippen molar-refractivity contribution < 1.29 is 9.59 Å². The summed E-state index contributed by atoms with van der Waals surface area (Å²) < 4.78 is 0. The Kier molecular flexibility index (Phi) is 5.15. The minimum absolute atomic E-state index is 0. The first-order chi connectivity index (χ1) is 14.6. The third-order valence-electron chi connectivity index (χ3n) is 7.04. The van der Waals surface area contributed by atoms with Crippen molar-refractivity contribution in [1.82, 2.24) is 15.2 Å². The van der Waals surface area contributed by atoms with Crippen LogP contribution in [0.5, 0.6) is 0 Å². The summed E-state index contributed by atoms with van der Waals surface area (Å²) in [5.74, 6) is 1.97. The van der Waals surface area contributed by atoms with Gasteiger partial charge < -0.3 is 15.6 Å². The predicted octanol–water partition coefficient (Wildman–Crippen LogP) is 3.06. The highest BCUT2D eigenvalue weighted by molar-refractivity contribution is 6.34. The van der Waals surface area contributed by atoms with Crippen LogP contribution in [0.3, 0.4) is 0 Å². The first-order valence-corrected chi connectivity index (χ1v) is 11.0. The number of piperidine rings is 1. The van der Waals surface area contributed by atoms with Crippen LogP contribution in [0.4, 0.5) is 5.69 Å². The smallest absolute Gasteiger partial charge is 0.256 e. The number of rotatable bonds is 5. The van der Waals surface area contributed by atoms with Crippen LogP contribution in [0.1, 0.15) is 35.2 Å². The lowest BCUT2D eigenvalue weighted by atomic mass is 9.95. The number of aromatic nitrogens is 1. The van der Waals surface area contributed by atoms with E-state index >= 15 is 0 Å². The third kappa shape index (κ3) is 3.90. The number of aromatic amines is 1. The van der Waals surface area contributed by atoms with Gasteiger partial charge in [-0.25, -0.2) is 0 Å². The molecule has 6 rings (SSSR count). The molecule has 1 aromatic carbocycles. The highest BCUT2D eigenvalue weighted by atomic mass is 35.5. The minimum Gasteiger partial charge on any atom is -0.361 e. The van der Waals surface area contributed by atoms with Crippen molar-refractivity contribution >= 4 is 41.6 Å². The number of nitrogens with zero attached hydrogens (tertiary/aromatic N) is 1. The summed E-state index contributed by atoms with van der Waals surface area (Å²) in [5, 5.41) is 5.86. The van der Waals surface area contributed by atoms with Gasteiger partial charge in [0.2, 0.25) is 5.91 Å². The van der Waals surface area contributed by atoms with Gasteiger partial charge >= 0.3 is 0 Å². The average Bonchev–Trinajstić information content (AvgIpc) is 3.13. The first-order valence-electron chi connectivity index (χ1n) is 11.0. The number of nitrogens with one attached hydrogen (secondary N) is 3. The zero-order valence-electron chi connectivity index (χ0n) is 17.3. The van der Waals surface area contributed by atoms with Gasteiger partial charge in [0, 0.05) is 55.2 Å². The average molecular weight is 439 g/mol. The van der Waals surface area contributed by atoms with Crippen LogP contribution in [0.25, 0.3) is 11.6 Å². The van der Waals surface area contributed by atoms with E-state index in [1.807, 2.05) is 18.2 Å². The maximum atomic E-state index is 12.6. The van der Waals surface area contributed by atoms with Crippen molar-refractivity contribution in [3.05, 3.63) is 52.8 Å². The zero-order chi connectivity index (χ0) is 20.2. The number of fused-ring (bicyclic) bond motifs is 2. The molecule has 6 nitrogen and oxygen atoms in total. The second kappa shape index (κ2) is 7.84. The topological polar surface area (TPSA) is 77.2 Å². The number of H-pyrrole nitrogens is 1. The highest BCUT2D eigenvalue weighted by Crippen LogP contribution is 2.45. The molecule has 1 unspecified atom stereocenters. The minimum atomic E-state index is -0.0726. The molecule has 3 fully saturated rings. The molecule has 3 atom stereocenters. The van der Waals surface area contributed by atoms with Gasteiger partial charge in [0.05, 0.1) is 5.57 Å². The van der Waals surface area contributed by atoms with Gasteiger partial charge in [-0.2, -0.15) is 0 Å². The molecule has 3 N–H and O–H groups in total. The van der Waals surface area contributed by atoms with Crippen LogP contribution < -0.4 is 10.6 Å². The molecule has 3 aliphatic heterocycles. The largest absolute Gasteiger partial charge is 0.361 e. The van der Waals surface area contributed by atoms with Crippen molar-refractivity contribution in [2.24, 2.45) is 17.8 Å². The Morgan fingerprint density at radius 2 is 1.94 bits per heavy atom. The lowest BCUT2D eigenvalue weighted by Gasteiger charge is -2.15. The van der Waals surface area contributed by atoms with E-state index in [0.29, 0.717) is 12.0 Å². The molecule has 0 radical (unpaired) electrons. The summed E-state index contributed by atoms with van der Waals surface area (Å²) in [4.78, 5) is 30.4. The van der Waals surface area contributed by atoms with E-state index in [1.165, 1.54) is 25.1 Å². The SMILES string of the molecule is Cl.O=C1Nc2ccc(CC3CCNC3=O)cc2C1=Cc1cc(CN2C[C@H]3C[C@H]3C2)c[nH]1. The molecule has 1 aliphatic carbocycles. The molecule has 2 aromatic rings. The molecule has 0 spiro atoms. The molecule has 0 bridgehead atoms. The summed E-state index contributed by atoms with van der Waals surface area (Å²) in [6.45, 7) is 4.18. The molecule has 7 heteroatoms. The first kappa shape index (κ1) is 20.3. The van der Waals surface area contributed by atoms with E-state index in [2.05, 4.69) is 38.8 Å². The molecule has 4 aliphatic rings. The molecule has 162 valence electrons. The summed E-state index contributed by atoms with van der Waals surface area (Å²) in [6.07, 6.45) is 7.00. The van der Waals surface area contributed by atoms with Gasteiger partial charge in [0.1, 0.15) is 0 Å². The molecule has 1 saturated carbocycles. The van der Waals surface area contributed by atoms with Crippen LogP contribution in [-0.2, 0) is 22.6 Å². The molecule has 2 amide bonds. The van der Waals surface area contributed by atoms with Crippen LogP contribution >= 0.6 is 12.4 Å². The number of anilines is 1. The number of carbonyl (C=O) groups is 2. The van der Waals surface area contributed by atoms with Crippen LogP contribution in [-0.4, -0.2) is 41.3 Å². The normalized spacial score (nSPS) is 27.6. The van der Waals surface area contributed by atoms with E-state index < -0.39 is 0 Å². The monoisotopic (exact) mass is 438 g/mol. The van der Waals surface area contributed by atoms with Gasteiger partial charge in [0.25, 0.3) is 5.91 Å². The molecular weight excluding hydrogens is 412 g/mol. The van der Waals surface area contributed by atoms with Crippen LogP contribution in [0, 0.1) is 17.8 Å². The number of hydrogen-bond donors (Lipinski definition) is 3. The van der Waals surface area contributed by atoms with E-state index in [1.54, 1.807) is 0 Å². The quantitative estimate of drug-likeness (QED) is 0.628. The fourth-order valence-electron chi connectivity index (χ4n) is 5.30. The Balaban J connectivity index is 0.00000204. The van der Waals surface area contributed by atoms with E-state index in [9.17, 15) is 9.59 Å². The zero-order valence-corrected chi connectivity index (χ0v) is 18.1. The highest BCUT2D eigenvalue weighted by Gasteiger charge is 2.44. The standard InChI is InChI=1S/C24H26N4O2.ClH/c29-23-16(3-4-25-23)5-14-1-2-22-20(7-14)21(24(30)27-22)9-19-6-15(10-26-19)11-28-12-17-8-18(17)13-28;/h1-2,6-7,9-10,16-18,26H,3-5,8,11-13H2,(H,25,29)(H,27,30);1H/t16?,17-,18+;. The van der Waals surface area contributed by atoms with Gasteiger partial charge in [-0.1, -0.05) is 6.07 Å². The van der Waals surface area contributed by atoms with Crippen molar-refractivity contribution in [3.63, 3.8) is 0 Å². The van der Waals surface area contributed by atoms with Gasteiger partial charge in [0.15, 0.2) is 0 Å². The molecule has 4 heterocycles. The number of halogens is 1. The lowest BCUT2D eigenvalue weighted by Crippen LogP contribution is -2.21. The van der Waals surface area contributed by atoms with Crippen molar-refractivity contribution in [2.45, 2.75) is 25.8 Å². The number of likely N-dealkylation sites (tertiary alicyclic amines) is 1. The summed E-state index contributed by atoms with van der Waals surface area (Å²) in [6, 6.07) is 8.18. The maximum Gasteiger partial charge on any atom is 0.256 e. The van der Waals surface area contributed by atoms with Crippen LogP contribution in [0.2, 0.25) is 0 Å². The Hall–Kier alpha value is -2.57. The lowest BCUT2D eigenvalue weighted by molar-refractivity contribution is -0.122. The number of hydrogen-bond acceptors (Lipinski definition) is 3. The fraction of sp³-hybridized carbons (Fsp3) is 0.417. The van der Waals surface area contributed by atoms with Gasteiger partial charge in [-0.15, -0.1) is 12.4 Å². The molecule has 31 heavy (non-hydrogen) atoms. The Morgan fingerprint density at radius 3 is 2.71 bits per heavy atom. The van der Waals surface area contributed by atoms with E-state index in [4.69, 9.17) is 0 Å². The van der Waals surface area contributed by atoms with Crippen molar-refractivity contribution in [2.75, 3.05) is 25.0 Å². The third-order valence-corrected chi connectivity index (χ3v) is 7.04. The van der Waals surface area contributed by atoms with E-state index in [0.717, 1.165) is 53.9 Å². The van der Waals surface area contributed by atoms with Crippen molar-refractivity contribution in [1.29, 1.82) is 0 Å². The Morgan fingerprint density at radius 1 is 1.10 bits per heavy atom. The maximum absolute atomic E-state index is 12.6. The van der Waals surface area contributed by atoms with Gasteiger partial charge in [-0.05, 0) is 66.5 Å². The number of carbonyl (C=O) groups excluding carboxylic acids is 2. The molecule has 2 saturated heterocycles. The molecular formula is C24H27ClN4O2. The summed E-state index contributed by atoms with van der Waals surface area (Å²) >= 11 is 0. The molecule has 1 aromatic heterocycles. The fourth-order valence-corrected chi connectivity index (χ4v) is 5.30. The van der Waals surface area contributed by atoms with E-state index in [-0.39, 0.29) is 30.1 Å². The predicted molar refractivity (Wildman–Crippen MR) is 123 cm³/mol. The summed E-state index contributed by atoms with van der Waals surface area (Å²) in [5.41, 5.74) is 5.76. The Labute approximate surface area is 187 Å². The number of benzene rings is 1. The second-order valence-electron chi connectivity index (χ2n) is 9.29. The number of amides is 2. The van der Waals surface area contributed by atoms with Gasteiger partial charge in [-0.3, -0.25) is 14.5 Å². The Bertz CT molecular complexity index is 1070. The summed E-state index contributed by atoms with van der Waals surface area (Å²) in [7, 11) is 0. The van der Waals surface area contributed by atoms with Crippen LogP contribution in [0.15, 0.2) is 30.5 Å². The second-order valence-corrected chi connectivity index (χ2v) is 9.29. The van der Waals surface area contributed by atoms with Crippen molar-refractivity contribution in [3.8, 4) is 0 Å².